The molecule has 0 aromatic heterocycles. The molecule has 0 aliphatic carbocycles. The van der Waals surface area contributed by atoms with Crippen LogP contribution in [0.4, 0.5) is 0 Å². The molecular weight excluding hydrogens is 755 g/mol. The molecule has 0 saturated heterocycles. The van der Waals surface area contributed by atoms with Gasteiger partial charge in [-0.2, -0.15) is 0 Å². The van der Waals surface area contributed by atoms with Crippen LogP contribution >= 0.6 is 0 Å². The second-order valence-electron chi connectivity index (χ2n) is 18.6. The van der Waals surface area contributed by atoms with Crippen molar-refractivity contribution in [2.75, 3.05) is 6.61 Å². The Balaban J connectivity index is 4.48. The number of esters is 1. The van der Waals surface area contributed by atoms with Crippen molar-refractivity contribution < 1.29 is 24.5 Å². The predicted molar refractivity (Wildman–Crippen MR) is 264 cm³/mol. The molecule has 1 amide bonds. The summed E-state index contributed by atoms with van der Waals surface area (Å²) in [5, 5.41) is 23.8. The van der Waals surface area contributed by atoms with E-state index >= 15 is 0 Å². The van der Waals surface area contributed by atoms with E-state index < -0.39 is 18.2 Å². The minimum Gasteiger partial charge on any atom is -0.462 e. The van der Waals surface area contributed by atoms with Gasteiger partial charge >= 0.3 is 5.97 Å². The molecule has 0 fully saturated rings. The van der Waals surface area contributed by atoms with Gasteiger partial charge in [-0.15, -0.1) is 0 Å². The van der Waals surface area contributed by atoms with Crippen LogP contribution in [0.15, 0.2) is 24.3 Å². The van der Waals surface area contributed by atoms with Gasteiger partial charge in [0.05, 0.1) is 25.2 Å². The van der Waals surface area contributed by atoms with Crippen molar-refractivity contribution >= 4 is 11.9 Å². The van der Waals surface area contributed by atoms with Crippen molar-refractivity contribution in [3.63, 3.8) is 0 Å². The van der Waals surface area contributed by atoms with Crippen molar-refractivity contribution in [1.82, 2.24) is 5.32 Å². The van der Waals surface area contributed by atoms with Crippen molar-refractivity contribution in [3.05, 3.63) is 24.3 Å². The molecule has 6 nitrogen and oxygen atoms in total. The van der Waals surface area contributed by atoms with E-state index in [0.29, 0.717) is 19.3 Å². The SMILES string of the molecule is CCCCC/C=C\C/C=C\CCCCCCCCCC(=O)OC(CCCCCCCCCCCCC)CC(=O)NC(CO)C(O)CCCCCCCCCCCCCCCC. The zero-order valence-corrected chi connectivity index (χ0v) is 41.1. The lowest BCUT2D eigenvalue weighted by molar-refractivity contribution is -0.151. The Hall–Kier alpha value is -1.66. The fraction of sp³-hybridized carbons (Fsp3) is 0.891. The first-order valence-corrected chi connectivity index (χ1v) is 27.1. The normalized spacial score (nSPS) is 13.3. The van der Waals surface area contributed by atoms with Gasteiger partial charge in [-0.05, 0) is 57.8 Å². The molecule has 0 aromatic rings. The first kappa shape index (κ1) is 59.3. The van der Waals surface area contributed by atoms with E-state index in [1.165, 1.54) is 186 Å². The summed E-state index contributed by atoms with van der Waals surface area (Å²) in [4.78, 5) is 26.2. The van der Waals surface area contributed by atoms with Gasteiger partial charge in [0.15, 0.2) is 0 Å². The maximum atomic E-state index is 13.2. The minimum atomic E-state index is -0.784. The van der Waals surface area contributed by atoms with E-state index in [2.05, 4.69) is 50.4 Å². The van der Waals surface area contributed by atoms with Crippen LogP contribution in [0.1, 0.15) is 290 Å². The molecule has 3 atom stereocenters. The molecule has 0 heterocycles. The van der Waals surface area contributed by atoms with Crippen LogP contribution in [0.3, 0.4) is 0 Å². The number of carbonyl (C=O) groups is 2. The van der Waals surface area contributed by atoms with Crippen molar-refractivity contribution in [2.45, 2.75) is 309 Å². The number of carbonyl (C=O) groups excluding carboxylic acids is 2. The number of allylic oxidation sites excluding steroid dienone is 4. The van der Waals surface area contributed by atoms with E-state index in [1.54, 1.807) is 0 Å². The Morgan fingerprint density at radius 1 is 0.475 bits per heavy atom. The largest absolute Gasteiger partial charge is 0.462 e. The lowest BCUT2D eigenvalue weighted by atomic mass is 10.0. The summed E-state index contributed by atoms with van der Waals surface area (Å²) in [6.45, 7) is 6.48. The van der Waals surface area contributed by atoms with Gasteiger partial charge in [0.2, 0.25) is 5.91 Å². The number of rotatable bonds is 49. The average Bonchev–Trinajstić information content (AvgIpc) is 3.25. The van der Waals surface area contributed by atoms with E-state index in [1.807, 2.05) is 0 Å². The second-order valence-corrected chi connectivity index (χ2v) is 18.6. The lowest BCUT2D eigenvalue weighted by Crippen LogP contribution is -2.46. The Labute approximate surface area is 380 Å². The highest BCUT2D eigenvalue weighted by molar-refractivity contribution is 5.77. The summed E-state index contributed by atoms with van der Waals surface area (Å²) in [5.41, 5.74) is 0. The van der Waals surface area contributed by atoms with Crippen LogP contribution in [0.5, 0.6) is 0 Å². The Bertz CT molecular complexity index is 966. The molecule has 0 radical (unpaired) electrons. The van der Waals surface area contributed by atoms with E-state index in [-0.39, 0.29) is 24.9 Å². The third-order valence-electron chi connectivity index (χ3n) is 12.5. The Kier molecular flexibility index (Phi) is 48.0. The van der Waals surface area contributed by atoms with E-state index in [0.717, 1.165) is 57.8 Å². The summed E-state index contributed by atoms with van der Waals surface area (Å²) in [7, 11) is 0. The Morgan fingerprint density at radius 2 is 0.836 bits per heavy atom. The quantitative estimate of drug-likeness (QED) is 0.0322. The molecule has 0 rings (SSSR count). The summed E-state index contributed by atoms with van der Waals surface area (Å²) in [6.07, 6.45) is 56.6. The van der Waals surface area contributed by atoms with Crippen molar-refractivity contribution in [3.8, 4) is 0 Å². The summed E-state index contributed by atoms with van der Waals surface area (Å²) >= 11 is 0. The predicted octanol–water partition coefficient (Wildman–Crippen LogP) is 16.3. The maximum absolute atomic E-state index is 13.2. The highest BCUT2D eigenvalue weighted by Crippen LogP contribution is 2.18. The molecular formula is C55H105NO5. The van der Waals surface area contributed by atoms with Gasteiger partial charge in [0.1, 0.15) is 6.10 Å². The number of hydrogen-bond donors (Lipinski definition) is 3. The lowest BCUT2D eigenvalue weighted by Gasteiger charge is -2.24. The van der Waals surface area contributed by atoms with E-state index in [4.69, 9.17) is 4.74 Å². The number of hydrogen-bond acceptors (Lipinski definition) is 5. The van der Waals surface area contributed by atoms with Crippen LogP contribution in [0.25, 0.3) is 0 Å². The first-order valence-electron chi connectivity index (χ1n) is 27.1. The molecule has 0 aliphatic rings. The monoisotopic (exact) mass is 860 g/mol. The zero-order chi connectivity index (χ0) is 44.5. The third kappa shape index (κ3) is 44.7. The Morgan fingerprint density at radius 3 is 1.28 bits per heavy atom. The van der Waals surface area contributed by atoms with Crippen LogP contribution < -0.4 is 5.32 Å². The summed E-state index contributed by atoms with van der Waals surface area (Å²) < 4.78 is 5.94. The summed E-state index contributed by atoms with van der Waals surface area (Å²) in [5.74, 6) is -0.468. The molecule has 3 N–H and O–H groups in total. The molecule has 0 aliphatic heterocycles. The van der Waals surface area contributed by atoms with Gasteiger partial charge in [0, 0.05) is 6.42 Å². The number of unbranched alkanes of at least 4 members (excludes halogenated alkanes) is 33. The van der Waals surface area contributed by atoms with Crippen molar-refractivity contribution in [1.29, 1.82) is 0 Å². The molecule has 61 heavy (non-hydrogen) atoms. The maximum Gasteiger partial charge on any atom is 0.306 e. The summed E-state index contributed by atoms with van der Waals surface area (Å²) in [6, 6.07) is -0.698. The molecule has 360 valence electrons. The van der Waals surface area contributed by atoms with Crippen LogP contribution in [-0.4, -0.2) is 46.9 Å². The average molecular weight is 860 g/mol. The smallest absolute Gasteiger partial charge is 0.306 e. The van der Waals surface area contributed by atoms with Crippen LogP contribution in [0.2, 0.25) is 0 Å². The minimum absolute atomic E-state index is 0.0799. The van der Waals surface area contributed by atoms with Gasteiger partial charge in [-0.1, -0.05) is 244 Å². The van der Waals surface area contributed by atoms with Gasteiger partial charge in [-0.25, -0.2) is 0 Å². The topological polar surface area (TPSA) is 95.9 Å². The highest BCUT2D eigenvalue weighted by atomic mass is 16.5. The van der Waals surface area contributed by atoms with E-state index in [9.17, 15) is 19.8 Å². The zero-order valence-electron chi connectivity index (χ0n) is 41.1. The second kappa shape index (κ2) is 49.4. The molecule has 0 spiro atoms. The fourth-order valence-electron chi connectivity index (χ4n) is 8.40. The molecule has 3 unspecified atom stereocenters. The molecule has 6 heteroatoms. The fourth-order valence-corrected chi connectivity index (χ4v) is 8.40. The highest BCUT2D eigenvalue weighted by Gasteiger charge is 2.24. The number of ether oxygens (including phenoxy) is 1. The van der Waals surface area contributed by atoms with Crippen LogP contribution in [0, 0.1) is 0 Å². The molecule has 0 bridgehead atoms. The number of nitrogens with one attached hydrogen (secondary N) is 1. The standard InChI is InChI=1S/C55H105NO5/c1-4-7-10-13-16-19-22-24-26-27-28-30-33-36-39-42-45-48-55(60)61-51(46-43-40-37-34-31-21-18-15-12-9-6-3)49-54(59)56-52(50-57)53(58)47-44-41-38-35-32-29-25-23-20-17-14-11-8-5-2/h16,19,24,26,51-53,57-58H,4-15,17-18,20-23,25,27-50H2,1-3H3,(H,56,59)/b19-16-,26-24-. The first-order chi connectivity index (χ1) is 30.0. The number of aliphatic hydroxyl groups excluding tert-OH is 2. The van der Waals surface area contributed by atoms with Crippen molar-refractivity contribution in [2.24, 2.45) is 0 Å². The van der Waals surface area contributed by atoms with Gasteiger partial charge < -0.3 is 20.3 Å². The van der Waals surface area contributed by atoms with Crippen LogP contribution in [-0.2, 0) is 14.3 Å². The molecule has 0 aromatic carbocycles. The van der Waals surface area contributed by atoms with Gasteiger partial charge in [0.25, 0.3) is 0 Å². The number of amides is 1. The van der Waals surface area contributed by atoms with Gasteiger partial charge in [-0.3, -0.25) is 9.59 Å². The molecule has 0 saturated carbocycles. The third-order valence-corrected chi connectivity index (χ3v) is 12.5. The number of aliphatic hydroxyl groups is 2.